The number of fused-ring (bicyclic) bond motifs is 1. The molecular formula is C20H13F3N6O2. The number of hydrogen-bond acceptors (Lipinski definition) is 7. The van der Waals surface area contributed by atoms with Crippen molar-refractivity contribution in [1.29, 1.82) is 0 Å². The van der Waals surface area contributed by atoms with Gasteiger partial charge in [-0.05, 0) is 48.5 Å². The standard InChI is InChI=1S/C20H13F3N6O2/c21-20(22,23)12-6-8-13(9-7-12)27-18-17(29(30)31)19(26-11-25-18)28-16-5-1-4-15-14(16)3-2-10-24-15/h1-11H,(H2,25,26,27,28). The number of aromatic nitrogens is 3. The van der Waals surface area contributed by atoms with Crippen LogP contribution in [0.25, 0.3) is 10.9 Å². The minimum atomic E-state index is -4.48. The third kappa shape index (κ3) is 4.20. The fourth-order valence-electron chi connectivity index (χ4n) is 2.95. The number of nitrogens with one attached hydrogen (secondary N) is 2. The van der Waals surface area contributed by atoms with Crippen molar-refractivity contribution in [2.45, 2.75) is 6.18 Å². The molecule has 0 unspecified atom stereocenters. The molecule has 0 atom stereocenters. The topological polar surface area (TPSA) is 106 Å². The molecule has 0 saturated heterocycles. The number of alkyl halides is 3. The lowest BCUT2D eigenvalue weighted by Crippen LogP contribution is -2.07. The molecule has 0 aliphatic rings. The van der Waals surface area contributed by atoms with Crippen molar-refractivity contribution in [3.63, 3.8) is 0 Å². The van der Waals surface area contributed by atoms with E-state index in [0.29, 0.717) is 11.2 Å². The van der Waals surface area contributed by atoms with Gasteiger partial charge in [-0.15, -0.1) is 0 Å². The van der Waals surface area contributed by atoms with E-state index in [9.17, 15) is 23.3 Å². The second-order valence-corrected chi connectivity index (χ2v) is 6.38. The van der Waals surface area contributed by atoms with Crippen molar-refractivity contribution in [3.8, 4) is 0 Å². The second-order valence-electron chi connectivity index (χ2n) is 6.38. The molecule has 0 aliphatic heterocycles. The van der Waals surface area contributed by atoms with E-state index in [1.165, 1.54) is 0 Å². The van der Waals surface area contributed by atoms with Crippen molar-refractivity contribution >= 4 is 39.6 Å². The molecule has 8 nitrogen and oxygen atoms in total. The van der Waals surface area contributed by atoms with Gasteiger partial charge in [0.15, 0.2) is 0 Å². The highest BCUT2D eigenvalue weighted by molar-refractivity contribution is 5.93. The predicted octanol–water partition coefficient (Wildman–Crippen LogP) is 5.44. The maximum atomic E-state index is 12.7. The summed E-state index contributed by atoms with van der Waals surface area (Å²) < 4.78 is 38.2. The van der Waals surface area contributed by atoms with Gasteiger partial charge in [0.05, 0.1) is 16.0 Å². The third-order valence-corrected chi connectivity index (χ3v) is 4.38. The summed E-state index contributed by atoms with van der Waals surface area (Å²) in [7, 11) is 0. The number of halogens is 3. The largest absolute Gasteiger partial charge is 0.416 e. The number of pyridine rings is 1. The van der Waals surface area contributed by atoms with Crippen LogP contribution in [0.5, 0.6) is 0 Å². The highest BCUT2D eigenvalue weighted by Crippen LogP contribution is 2.35. The van der Waals surface area contributed by atoms with Crippen LogP contribution in [0.3, 0.4) is 0 Å². The Balaban J connectivity index is 1.69. The molecule has 2 aromatic carbocycles. The third-order valence-electron chi connectivity index (χ3n) is 4.38. The number of nitro groups is 1. The number of hydrogen-bond donors (Lipinski definition) is 2. The minimum absolute atomic E-state index is 0.0780. The van der Waals surface area contributed by atoms with Crippen LogP contribution in [0.15, 0.2) is 67.1 Å². The van der Waals surface area contributed by atoms with E-state index in [1.807, 2.05) is 0 Å². The molecule has 0 bridgehead atoms. The van der Waals surface area contributed by atoms with Crippen LogP contribution in [0, 0.1) is 10.1 Å². The van der Waals surface area contributed by atoms with E-state index in [1.54, 1.807) is 36.5 Å². The zero-order valence-corrected chi connectivity index (χ0v) is 15.6. The number of benzene rings is 2. The van der Waals surface area contributed by atoms with Gasteiger partial charge in [0.2, 0.25) is 11.6 Å². The molecule has 4 rings (SSSR count). The van der Waals surface area contributed by atoms with Crippen molar-refractivity contribution in [2.24, 2.45) is 0 Å². The molecule has 0 aliphatic carbocycles. The van der Waals surface area contributed by atoms with Crippen molar-refractivity contribution in [3.05, 3.63) is 82.8 Å². The first-order valence-electron chi connectivity index (χ1n) is 8.87. The van der Waals surface area contributed by atoms with Crippen LogP contribution in [0.1, 0.15) is 5.56 Å². The Bertz CT molecular complexity index is 1260. The van der Waals surface area contributed by atoms with Crippen LogP contribution in [0.4, 0.5) is 41.9 Å². The van der Waals surface area contributed by atoms with Crippen LogP contribution in [-0.2, 0) is 6.18 Å². The second kappa shape index (κ2) is 7.86. The molecule has 31 heavy (non-hydrogen) atoms. The van der Waals surface area contributed by atoms with Gasteiger partial charge in [0, 0.05) is 23.0 Å². The van der Waals surface area contributed by atoms with Crippen molar-refractivity contribution in [1.82, 2.24) is 15.0 Å². The quantitative estimate of drug-likeness (QED) is 0.323. The van der Waals surface area contributed by atoms with Crippen LogP contribution in [-0.4, -0.2) is 19.9 Å². The van der Waals surface area contributed by atoms with Crippen LogP contribution >= 0.6 is 0 Å². The monoisotopic (exact) mass is 426 g/mol. The molecule has 0 radical (unpaired) electrons. The van der Waals surface area contributed by atoms with Gasteiger partial charge in [-0.1, -0.05) is 6.07 Å². The maximum Gasteiger partial charge on any atom is 0.416 e. The van der Waals surface area contributed by atoms with Gasteiger partial charge in [0.1, 0.15) is 6.33 Å². The van der Waals surface area contributed by atoms with E-state index < -0.39 is 22.4 Å². The number of nitrogens with zero attached hydrogens (tertiary/aromatic N) is 4. The average Bonchev–Trinajstić information content (AvgIpc) is 2.74. The zero-order valence-electron chi connectivity index (χ0n) is 15.6. The highest BCUT2D eigenvalue weighted by Gasteiger charge is 2.30. The summed E-state index contributed by atoms with van der Waals surface area (Å²) in [6.45, 7) is 0. The smallest absolute Gasteiger partial charge is 0.334 e. The lowest BCUT2D eigenvalue weighted by atomic mass is 10.2. The molecule has 11 heteroatoms. The van der Waals surface area contributed by atoms with Crippen molar-refractivity contribution in [2.75, 3.05) is 10.6 Å². The molecule has 2 heterocycles. The van der Waals surface area contributed by atoms with E-state index in [4.69, 9.17) is 0 Å². The lowest BCUT2D eigenvalue weighted by Gasteiger charge is -2.12. The Morgan fingerprint density at radius 2 is 1.58 bits per heavy atom. The molecule has 2 aromatic heterocycles. The summed E-state index contributed by atoms with van der Waals surface area (Å²) in [5.74, 6) is -0.244. The predicted molar refractivity (Wildman–Crippen MR) is 108 cm³/mol. The first-order chi connectivity index (χ1) is 14.8. The SMILES string of the molecule is O=[N+]([O-])c1c(Nc2ccc(C(F)(F)F)cc2)ncnc1Nc1cccc2ncccc12. The Hall–Kier alpha value is -4.28. The Kier molecular flexibility index (Phi) is 5.07. The Morgan fingerprint density at radius 1 is 0.871 bits per heavy atom. The van der Waals surface area contributed by atoms with Crippen LogP contribution in [0.2, 0.25) is 0 Å². The summed E-state index contributed by atoms with van der Waals surface area (Å²) in [4.78, 5) is 23.2. The fourth-order valence-corrected chi connectivity index (χ4v) is 2.95. The molecule has 0 amide bonds. The zero-order chi connectivity index (χ0) is 22.0. The summed E-state index contributed by atoms with van der Waals surface area (Å²) in [6, 6.07) is 12.9. The van der Waals surface area contributed by atoms with Gasteiger partial charge in [-0.2, -0.15) is 13.2 Å². The van der Waals surface area contributed by atoms with Gasteiger partial charge in [0.25, 0.3) is 0 Å². The number of rotatable bonds is 5. The fraction of sp³-hybridized carbons (Fsp3) is 0.0500. The normalized spacial score (nSPS) is 11.3. The summed E-state index contributed by atoms with van der Waals surface area (Å²) in [5, 5.41) is 18.1. The van der Waals surface area contributed by atoms with Gasteiger partial charge < -0.3 is 10.6 Å². The molecule has 0 spiro atoms. The Morgan fingerprint density at radius 3 is 2.26 bits per heavy atom. The lowest BCUT2D eigenvalue weighted by molar-refractivity contribution is -0.383. The average molecular weight is 426 g/mol. The van der Waals surface area contributed by atoms with Gasteiger partial charge in [-0.3, -0.25) is 15.1 Å². The first kappa shape index (κ1) is 20.0. The highest BCUT2D eigenvalue weighted by atomic mass is 19.4. The molecule has 2 N–H and O–H groups in total. The molecule has 4 aromatic rings. The summed E-state index contributed by atoms with van der Waals surface area (Å²) in [5.41, 5.74) is 0.153. The summed E-state index contributed by atoms with van der Waals surface area (Å²) >= 11 is 0. The first-order valence-corrected chi connectivity index (χ1v) is 8.87. The van der Waals surface area contributed by atoms with Crippen LogP contribution < -0.4 is 10.6 Å². The summed E-state index contributed by atoms with van der Waals surface area (Å²) in [6.07, 6.45) is -1.74. The molecule has 156 valence electrons. The maximum absolute atomic E-state index is 12.7. The Labute approximate surface area is 173 Å². The number of anilines is 4. The minimum Gasteiger partial charge on any atom is -0.334 e. The van der Waals surface area contributed by atoms with Gasteiger partial charge >= 0.3 is 11.9 Å². The van der Waals surface area contributed by atoms with Crippen molar-refractivity contribution < 1.29 is 18.1 Å². The van der Waals surface area contributed by atoms with E-state index in [0.717, 1.165) is 36.0 Å². The van der Waals surface area contributed by atoms with E-state index in [2.05, 4.69) is 25.6 Å². The molecular weight excluding hydrogens is 413 g/mol. The van der Waals surface area contributed by atoms with Gasteiger partial charge in [-0.25, -0.2) is 9.97 Å². The van der Waals surface area contributed by atoms with E-state index in [-0.39, 0.29) is 17.3 Å². The molecule has 0 fully saturated rings. The van der Waals surface area contributed by atoms with E-state index >= 15 is 0 Å². The molecule has 0 saturated carbocycles.